The van der Waals surface area contributed by atoms with Gasteiger partial charge in [0.05, 0.1) is 0 Å². The lowest BCUT2D eigenvalue weighted by molar-refractivity contribution is 0.105. The van der Waals surface area contributed by atoms with E-state index >= 15 is 0 Å². The maximum absolute atomic E-state index is 6.22. The molecule has 0 bridgehead atoms. The number of nitrogens with two attached hydrogens (primary N) is 1. The first-order chi connectivity index (χ1) is 17.7. The SMILES string of the molecule is CCCN1CCN(C2C=C(N)NC(=NCC3CCC(CNCCCNC4CCCCC4)CC3)N2)CC1. The fourth-order valence-corrected chi connectivity index (χ4v) is 6.40. The van der Waals surface area contributed by atoms with Gasteiger partial charge in [-0.15, -0.1) is 0 Å². The van der Waals surface area contributed by atoms with Crippen molar-refractivity contribution in [1.82, 2.24) is 31.1 Å². The van der Waals surface area contributed by atoms with Gasteiger partial charge in [0.2, 0.25) is 0 Å². The zero-order valence-corrected chi connectivity index (χ0v) is 22.9. The van der Waals surface area contributed by atoms with Gasteiger partial charge in [0, 0.05) is 38.8 Å². The molecule has 36 heavy (non-hydrogen) atoms. The van der Waals surface area contributed by atoms with Crippen LogP contribution >= 0.6 is 0 Å². The van der Waals surface area contributed by atoms with Gasteiger partial charge in [-0.1, -0.05) is 26.2 Å². The molecule has 2 saturated carbocycles. The van der Waals surface area contributed by atoms with Gasteiger partial charge in [-0.05, 0) is 95.5 Å². The maximum atomic E-state index is 6.22. The number of hydrogen-bond donors (Lipinski definition) is 5. The van der Waals surface area contributed by atoms with Gasteiger partial charge in [0.25, 0.3) is 0 Å². The minimum Gasteiger partial charge on any atom is -0.385 e. The third kappa shape index (κ3) is 9.19. The highest BCUT2D eigenvalue weighted by atomic mass is 15.4. The molecule has 206 valence electrons. The Hall–Kier alpha value is -1.35. The Balaban J connectivity index is 1.07. The molecule has 0 spiro atoms. The molecule has 4 aliphatic rings. The predicted molar refractivity (Wildman–Crippen MR) is 151 cm³/mol. The third-order valence-electron chi connectivity index (χ3n) is 8.70. The van der Waals surface area contributed by atoms with E-state index in [2.05, 4.69) is 44.1 Å². The van der Waals surface area contributed by atoms with E-state index in [1.54, 1.807) is 0 Å². The van der Waals surface area contributed by atoms with Crippen molar-refractivity contribution >= 4 is 5.96 Å². The van der Waals surface area contributed by atoms with Crippen molar-refractivity contribution in [2.45, 2.75) is 89.8 Å². The van der Waals surface area contributed by atoms with Gasteiger partial charge in [-0.25, -0.2) is 0 Å². The first-order valence-electron chi connectivity index (χ1n) is 15.2. The number of nitrogens with one attached hydrogen (secondary N) is 4. The van der Waals surface area contributed by atoms with Crippen molar-refractivity contribution in [3.8, 4) is 0 Å². The van der Waals surface area contributed by atoms with Gasteiger partial charge in [0.1, 0.15) is 12.0 Å². The summed E-state index contributed by atoms with van der Waals surface area (Å²) in [7, 11) is 0. The van der Waals surface area contributed by atoms with Crippen LogP contribution in [0.4, 0.5) is 0 Å². The number of aliphatic imine (C=N–C) groups is 1. The summed E-state index contributed by atoms with van der Waals surface area (Å²) >= 11 is 0. The normalized spacial score (nSPS) is 30.1. The van der Waals surface area contributed by atoms with Crippen LogP contribution in [0.25, 0.3) is 0 Å². The summed E-state index contributed by atoms with van der Waals surface area (Å²) in [6.45, 7) is 12.3. The lowest BCUT2D eigenvalue weighted by Gasteiger charge is -2.40. The molecule has 6 N–H and O–H groups in total. The summed E-state index contributed by atoms with van der Waals surface area (Å²) < 4.78 is 0. The minimum absolute atomic E-state index is 0.147. The number of rotatable bonds is 12. The van der Waals surface area contributed by atoms with Gasteiger partial charge < -0.3 is 31.9 Å². The molecule has 0 aromatic heterocycles. The van der Waals surface area contributed by atoms with Crippen LogP contribution in [0.5, 0.6) is 0 Å². The second-order valence-corrected chi connectivity index (χ2v) is 11.6. The lowest BCUT2D eigenvalue weighted by Crippen LogP contribution is -2.59. The largest absolute Gasteiger partial charge is 0.385 e. The van der Waals surface area contributed by atoms with Crippen molar-refractivity contribution < 1.29 is 0 Å². The number of hydrogen-bond acceptors (Lipinski definition) is 6. The van der Waals surface area contributed by atoms with Crippen LogP contribution < -0.4 is 27.0 Å². The summed E-state index contributed by atoms with van der Waals surface area (Å²) in [5.74, 6) is 3.10. The van der Waals surface area contributed by atoms with E-state index in [0.29, 0.717) is 5.92 Å². The number of piperazine rings is 1. The molecule has 1 saturated heterocycles. The number of guanidine groups is 1. The van der Waals surface area contributed by atoms with Crippen molar-refractivity contribution in [2.24, 2.45) is 22.6 Å². The van der Waals surface area contributed by atoms with E-state index in [9.17, 15) is 0 Å². The molecule has 1 atom stereocenters. The van der Waals surface area contributed by atoms with Gasteiger partial charge in [0.15, 0.2) is 5.96 Å². The fraction of sp³-hybridized carbons (Fsp3) is 0.893. The fourth-order valence-electron chi connectivity index (χ4n) is 6.40. The highest BCUT2D eigenvalue weighted by molar-refractivity contribution is 5.83. The molecule has 2 aliphatic carbocycles. The Morgan fingerprint density at radius 3 is 2.47 bits per heavy atom. The summed E-state index contributed by atoms with van der Waals surface area (Å²) in [5, 5.41) is 14.3. The molecule has 3 fully saturated rings. The quantitative estimate of drug-likeness (QED) is 0.262. The summed E-state index contributed by atoms with van der Waals surface area (Å²) in [4.78, 5) is 9.96. The molecule has 8 nitrogen and oxygen atoms in total. The van der Waals surface area contributed by atoms with Gasteiger partial charge in [-0.2, -0.15) is 0 Å². The topological polar surface area (TPSA) is 93.0 Å². The Morgan fingerprint density at radius 2 is 1.72 bits per heavy atom. The summed E-state index contributed by atoms with van der Waals surface area (Å²) in [5.41, 5.74) is 6.22. The van der Waals surface area contributed by atoms with Crippen LogP contribution in [-0.4, -0.2) is 86.9 Å². The third-order valence-corrected chi connectivity index (χ3v) is 8.70. The van der Waals surface area contributed by atoms with E-state index in [4.69, 9.17) is 10.7 Å². The smallest absolute Gasteiger partial charge is 0.198 e. The number of nitrogens with zero attached hydrogens (tertiary/aromatic N) is 3. The van der Waals surface area contributed by atoms with E-state index in [0.717, 1.165) is 63.0 Å². The van der Waals surface area contributed by atoms with Crippen LogP contribution in [0, 0.1) is 11.8 Å². The Labute approximate surface area is 220 Å². The summed E-state index contributed by atoms with van der Waals surface area (Å²) in [6.07, 6.45) is 17.0. The van der Waals surface area contributed by atoms with Gasteiger partial charge in [-0.3, -0.25) is 9.89 Å². The van der Waals surface area contributed by atoms with E-state index < -0.39 is 0 Å². The van der Waals surface area contributed by atoms with Crippen LogP contribution in [-0.2, 0) is 0 Å². The average Bonchev–Trinajstić information content (AvgIpc) is 2.91. The molecular formula is C28H54N8. The van der Waals surface area contributed by atoms with Crippen LogP contribution in [0.15, 0.2) is 16.9 Å². The van der Waals surface area contributed by atoms with Crippen molar-refractivity contribution in [3.63, 3.8) is 0 Å². The van der Waals surface area contributed by atoms with E-state index in [-0.39, 0.29) is 6.17 Å². The van der Waals surface area contributed by atoms with E-state index in [1.807, 2.05) is 0 Å². The average molecular weight is 503 g/mol. The minimum atomic E-state index is 0.147. The Bertz CT molecular complexity index is 673. The maximum Gasteiger partial charge on any atom is 0.198 e. The molecule has 0 aromatic carbocycles. The van der Waals surface area contributed by atoms with Crippen molar-refractivity contribution in [1.29, 1.82) is 0 Å². The van der Waals surface area contributed by atoms with Crippen LogP contribution in [0.1, 0.15) is 77.6 Å². The van der Waals surface area contributed by atoms with Crippen molar-refractivity contribution in [3.05, 3.63) is 11.9 Å². The second kappa shape index (κ2) is 15.2. The standard InChI is InChI=1S/C28H54N8/c1-2-15-35-16-18-36(19-17-35)27-20-26(29)33-28(34-27)32-22-24-11-9-23(10-12-24)21-30-13-6-14-31-25-7-4-3-5-8-25/h20,23-25,27,30-31H,2-19,21-22,29H2,1H3,(H2,32,33,34). The van der Waals surface area contributed by atoms with Crippen LogP contribution in [0.3, 0.4) is 0 Å². The molecule has 0 aromatic rings. The zero-order valence-electron chi connectivity index (χ0n) is 22.9. The van der Waals surface area contributed by atoms with Crippen molar-refractivity contribution in [2.75, 3.05) is 58.9 Å². The monoisotopic (exact) mass is 502 g/mol. The molecule has 2 heterocycles. The molecule has 1 unspecified atom stereocenters. The predicted octanol–water partition coefficient (Wildman–Crippen LogP) is 2.40. The molecule has 2 aliphatic heterocycles. The molecular weight excluding hydrogens is 448 g/mol. The first kappa shape index (κ1) is 27.7. The highest BCUT2D eigenvalue weighted by Gasteiger charge is 2.26. The zero-order chi connectivity index (χ0) is 25.0. The Kier molecular flexibility index (Phi) is 11.7. The van der Waals surface area contributed by atoms with Crippen LogP contribution in [0.2, 0.25) is 0 Å². The summed E-state index contributed by atoms with van der Waals surface area (Å²) in [6, 6.07) is 0.788. The Morgan fingerprint density at radius 1 is 0.972 bits per heavy atom. The molecule has 8 heteroatoms. The van der Waals surface area contributed by atoms with Gasteiger partial charge >= 0.3 is 0 Å². The molecule has 0 amide bonds. The first-order valence-corrected chi connectivity index (χ1v) is 15.2. The second-order valence-electron chi connectivity index (χ2n) is 11.6. The highest BCUT2D eigenvalue weighted by Crippen LogP contribution is 2.28. The molecule has 4 rings (SSSR count). The molecule has 0 radical (unpaired) electrons. The van der Waals surface area contributed by atoms with E-state index in [1.165, 1.54) is 90.3 Å². The lowest BCUT2D eigenvalue weighted by atomic mass is 9.82.